The van der Waals surface area contributed by atoms with Crippen LogP contribution in [0.5, 0.6) is 11.5 Å². The van der Waals surface area contributed by atoms with E-state index in [-0.39, 0.29) is 0 Å². The number of aryl methyl sites for hydroxylation is 5. The van der Waals surface area contributed by atoms with E-state index < -0.39 is 0 Å². The minimum Gasteiger partial charge on any atom is -0.0622 e. The molecule has 0 spiro atoms. The summed E-state index contributed by atoms with van der Waals surface area (Å²) in [5.41, 5.74) is 16.1. The molecular weight excluding hydrogens is 856 g/mol. The standard InChI is InChI=1S/C49H38N4O.Pt/c1-32-26-49(50-29-45(32)37-10-5-4-6-11-37)53-46-15-8-7-14-43(46)44-25-24-42(28-47(44)53)54-41-13-9-12-40(27-41)51-30-48-38-19-18-35-16-17-36(34(3)33(35)2)20-22-39(23-21-38)52(48)31-51;/h4-17,21,23-26,29-30H,18-20,22H2,1-3H3;/q-2;. The molecule has 13 rings (SSSR count). The average molecular weight is 894 g/mol. The van der Waals surface area contributed by atoms with E-state index in [2.05, 4.69) is 163 Å². The van der Waals surface area contributed by atoms with E-state index in [1.807, 2.05) is 30.5 Å². The van der Waals surface area contributed by atoms with E-state index in [0.717, 1.165) is 79.5 Å². The number of pyridine rings is 2. The summed E-state index contributed by atoms with van der Waals surface area (Å²) in [6.45, 7) is 6.72. The number of imidazole rings is 1. The van der Waals surface area contributed by atoms with Gasteiger partial charge in [0.1, 0.15) is 0 Å². The van der Waals surface area contributed by atoms with E-state index in [1.165, 1.54) is 39.0 Å². The Morgan fingerprint density at radius 3 is 2.20 bits per heavy atom. The van der Waals surface area contributed by atoms with Crippen LogP contribution in [0.3, 0.4) is 0 Å². The molecule has 0 unspecified atom stereocenters. The molecule has 0 saturated heterocycles. The molecule has 0 atom stereocenters. The third kappa shape index (κ3) is 5.81. The van der Waals surface area contributed by atoms with Crippen molar-refractivity contribution in [1.29, 1.82) is 0 Å². The topological polar surface area (TPSA) is 36.4 Å². The Bertz CT molecular complexity index is 3020. The molecule has 4 aromatic heterocycles. The maximum atomic E-state index is 6.58. The molecule has 0 fully saturated rings. The van der Waals surface area contributed by atoms with E-state index >= 15 is 0 Å². The molecule has 9 aromatic rings. The number of hydrogen-bond donors (Lipinski definition) is 0. The van der Waals surface area contributed by atoms with Gasteiger partial charge in [-0.2, -0.15) is 0 Å². The molecule has 272 valence electrons. The Labute approximate surface area is 331 Å². The van der Waals surface area contributed by atoms with Crippen LogP contribution in [-0.2, 0) is 45.0 Å². The van der Waals surface area contributed by atoms with Gasteiger partial charge in [0, 0.05) is 11.8 Å². The summed E-state index contributed by atoms with van der Waals surface area (Å²) in [5.74, 6) is 2.10. The van der Waals surface area contributed by atoms with Crippen LogP contribution in [0.1, 0.15) is 39.1 Å². The molecule has 5 aromatic carbocycles. The zero-order chi connectivity index (χ0) is 37.2. The summed E-state index contributed by atoms with van der Waals surface area (Å²) >= 11 is 2.48. The summed E-state index contributed by atoms with van der Waals surface area (Å²) in [5, 5.41) is 2.25. The second kappa shape index (κ2) is 13.5. The van der Waals surface area contributed by atoms with Crippen molar-refractivity contribution in [3.8, 4) is 34.1 Å². The van der Waals surface area contributed by atoms with E-state index in [4.69, 9.17) is 9.72 Å². The van der Waals surface area contributed by atoms with E-state index in [1.54, 1.807) is 0 Å². The Hall–Kier alpha value is -5.77. The van der Waals surface area contributed by atoms with Crippen molar-refractivity contribution in [3.63, 3.8) is 0 Å². The maximum absolute atomic E-state index is 6.58. The minimum absolute atomic E-state index is 0.622. The normalized spacial score (nSPS) is 12.8. The molecule has 0 amide bonds. The number of fused-ring (bicyclic) bond motifs is 3. The molecule has 4 aliphatic rings. The van der Waals surface area contributed by atoms with Gasteiger partial charge >= 0.3 is 261 Å². The van der Waals surface area contributed by atoms with Crippen LogP contribution in [0, 0.1) is 36.7 Å². The fourth-order valence-corrected chi connectivity index (χ4v) is 9.38. The molecule has 0 radical (unpaired) electrons. The van der Waals surface area contributed by atoms with Gasteiger partial charge in [-0.1, -0.05) is 42.5 Å². The van der Waals surface area contributed by atoms with Crippen LogP contribution in [-0.4, -0.2) is 18.5 Å². The summed E-state index contributed by atoms with van der Waals surface area (Å²) in [7, 11) is 0. The first-order chi connectivity index (χ1) is 26.9. The molecular formula is C49H38N4OPt-2. The second-order valence-electron chi connectivity index (χ2n) is 14.6. The Balaban J connectivity index is 1.02. The van der Waals surface area contributed by atoms with Gasteiger partial charge in [0.15, 0.2) is 0 Å². The van der Waals surface area contributed by atoms with Crippen LogP contribution in [0.4, 0.5) is 0 Å². The van der Waals surface area contributed by atoms with Crippen molar-refractivity contribution in [3.05, 3.63) is 183 Å². The zero-order valence-electron chi connectivity index (χ0n) is 31.0. The van der Waals surface area contributed by atoms with Crippen LogP contribution in [0.15, 0.2) is 128 Å². The number of aromatic nitrogens is 4. The Kier molecular flexibility index (Phi) is 8.30. The minimum atomic E-state index is 0.622. The molecule has 6 heteroatoms. The fourth-order valence-electron chi connectivity index (χ4n) is 8.36. The molecule has 6 heterocycles. The third-order valence-corrected chi connectivity index (χ3v) is 12.5. The second-order valence-corrected chi connectivity index (χ2v) is 15.6. The number of hydrogen-bond acceptors (Lipinski definition) is 2. The smallest absolute Gasteiger partial charge is 0.0622 e. The van der Waals surface area contributed by atoms with Gasteiger partial charge in [-0.25, -0.2) is 0 Å². The van der Waals surface area contributed by atoms with Crippen LogP contribution in [0.2, 0.25) is 0 Å². The molecule has 2 aliphatic carbocycles. The van der Waals surface area contributed by atoms with Crippen molar-refractivity contribution in [2.45, 2.75) is 46.5 Å². The van der Waals surface area contributed by atoms with Crippen LogP contribution >= 0.6 is 0 Å². The SMILES string of the molecule is Cc1cc(-n2c3[c-]c(Oc4[c-]c(-n5cc6c7ccc(n6[c]5=[Pt])CCc5ccc(c(C)c5C)CC7)ccc4)ccc3c3ccccc32)ncc1-c1ccccc1. The molecule has 0 saturated carbocycles. The quantitative estimate of drug-likeness (QED) is 0.161. The monoisotopic (exact) mass is 893 g/mol. The molecule has 55 heavy (non-hydrogen) atoms. The number of para-hydroxylation sites is 1. The summed E-state index contributed by atoms with van der Waals surface area (Å²) < 4.78 is 14.6. The number of rotatable bonds is 5. The Morgan fingerprint density at radius 1 is 0.655 bits per heavy atom. The predicted molar refractivity (Wildman–Crippen MR) is 217 cm³/mol. The summed E-state index contributed by atoms with van der Waals surface area (Å²) in [4.78, 5) is 4.99. The van der Waals surface area contributed by atoms with Gasteiger partial charge < -0.3 is 0 Å². The van der Waals surface area contributed by atoms with Crippen molar-refractivity contribution in [2.24, 2.45) is 0 Å². The fraction of sp³-hybridized carbons (Fsp3) is 0.143. The van der Waals surface area contributed by atoms with Crippen LogP contribution < -0.4 is 4.74 Å². The first kappa shape index (κ1) is 33.8. The van der Waals surface area contributed by atoms with Crippen molar-refractivity contribution < 1.29 is 24.1 Å². The molecule has 0 N–H and O–H groups in total. The number of nitrogens with zero attached hydrogens (tertiary/aromatic N) is 4. The molecule has 5 nitrogen and oxygen atoms in total. The van der Waals surface area contributed by atoms with Gasteiger partial charge in [0.05, 0.1) is 0 Å². The van der Waals surface area contributed by atoms with Gasteiger partial charge in [0.2, 0.25) is 0 Å². The molecule has 2 aliphatic heterocycles. The summed E-state index contributed by atoms with van der Waals surface area (Å²) in [6, 6.07) is 47.9. The van der Waals surface area contributed by atoms with Gasteiger partial charge in [-0.05, 0) is 18.1 Å². The Morgan fingerprint density at radius 2 is 1.38 bits per heavy atom. The summed E-state index contributed by atoms with van der Waals surface area (Å²) in [6.07, 6.45) is 8.24. The number of ether oxygens (including phenoxy) is 1. The van der Waals surface area contributed by atoms with Crippen LogP contribution in [0.25, 0.3) is 50.0 Å². The van der Waals surface area contributed by atoms with Gasteiger partial charge in [-0.3, -0.25) is 0 Å². The average Bonchev–Trinajstić information content (AvgIpc) is 3.73. The van der Waals surface area contributed by atoms with E-state index in [0.29, 0.717) is 11.5 Å². The predicted octanol–water partition coefficient (Wildman–Crippen LogP) is 11.2. The van der Waals surface area contributed by atoms with Crippen molar-refractivity contribution in [1.82, 2.24) is 18.5 Å². The first-order valence-corrected chi connectivity index (χ1v) is 20.0. The van der Waals surface area contributed by atoms with Gasteiger partial charge in [-0.15, -0.1) is 0 Å². The van der Waals surface area contributed by atoms with Crippen molar-refractivity contribution in [2.75, 3.05) is 0 Å². The zero-order valence-corrected chi connectivity index (χ0v) is 33.2. The van der Waals surface area contributed by atoms with E-state index in [9.17, 15) is 0 Å². The van der Waals surface area contributed by atoms with Gasteiger partial charge in [0.25, 0.3) is 0 Å². The molecule has 4 bridgehead atoms. The number of benzene rings is 5. The third-order valence-electron chi connectivity index (χ3n) is 11.5. The first-order valence-electron chi connectivity index (χ1n) is 18.9. The van der Waals surface area contributed by atoms with Crippen molar-refractivity contribution >= 4 is 27.3 Å².